The number of hydrogen-bond acceptors (Lipinski definition) is 2. The highest BCUT2D eigenvalue weighted by atomic mass is 15.2. The lowest BCUT2D eigenvalue weighted by atomic mass is 9.95. The number of nitrogens with two attached hydrogens (primary N) is 1. The molecular formula is C15H24N2. The van der Waals surface area contributed by atoms with E-state index in [4.69, 9.17) is 5.73 Å². The Morgan fingerprint density at radius 1 is 1.29 bits per heavy atom. The Hall–Kier alpha value is -0.860. The van der Waals surface area contributed by atoms with E-state index in [0.717, 1.165) is 25.6 Å². The lowest BCUT2D eigenvalue weighted by molar-refractivity contribution is 0.0880. The smallest absolute Gasteiger partial charge is 0.0307 e. The Morgan fingerprint density at radius 3 is 2.41 bits per heavy atom. The first-order valence-electron chi connectivity index (χ1n) is 6.70. The van der Waals surface area contributed by atoms with Gasteiger partial charge in [0, 0.05) is 24.7 Å². The molecule has 0 aliphatic heterocycles. The van der Waals surface area contributed by atoms with E-state index in [2.05, 4.69) is 49.1 Å². The van der Waals surface area contributed by atoms with Crippen LogP contribution < -0.4 is 5.73 Å². The van der Waals surface area contributed by atoms with Crippen molar-refractivity contribution in [3.8, 4) is 0 Å². The Labute approximate surface area is 105 Å². The lowest BCUT2D eigenvalue weighted by Gasteiger charge is -2.40. The van der Waals surface area contributed by atoms with Crippen LogP contribution in [0.1, 0.15) is 38.7 Å². The van der Waals surface area contributed by atoms with Crippen LogP contribution >= 0.6 is 0 Å². The summed E-state index contributed by atoms with van der Waals surface area (Å²) >= 11 is 0. The average molecular weight is 232 g/mol. The molecule has 1 aromatic carbocycles. The number of rotatable bonds is 6. The van der Waals surface area contributed by atoms with Crippen molar-refractivity contribution in [1.29, 1.82) is 0 Å². The summed E-state index contributed by atoms with van der Waals surface area (Å²) in [6, 6.07) is 11.5. The van der Waals surface area contributed by atoms with Crippen molar-refractivity contribution < 1.29 is 0 Å². The van der Waals surface area contributed by atoms with Gasteiger partial charge in [-0.1, -0.05) is 37.3 Å². The molecule has 2 nitrogen and oxygen atoms in total. The van der Waals surface area contributed by atoms with Crippen molar-refractivity contribution in [1.82, 2.24) is 4.90 Å². The summed E-state index contributed by atoms with van der Waals surface area (Å²) in [6.45, 7) is 6.32. The fraction of sp³-hybridized carbons (Fsp3) is 0.600. The van der Waals surface area contributed by atoms with Gasteiger partial charge in [-0.05, 0) is 31.7 Å². The molecule has 0 spiro atoms. The Balaban J connectivity index is 2.13. The van der Waals surface area contributed by atoms with Gasteiger partial charge in [0.1, 0.15) is 0 Å². The van der Waals surface area contributed by atoms with Gasteiger partial charge in [0.25, 0.3) is 0 Å². The van der Waals surface area contributed by atoms with Crippen LogP contribution in [-0.4, -0.2) is 23.0 Å². The monoisotopic (exact) mass is 232 g/mol. The van der Waals surface area contributed by atoms with E-state index in [9.17, 15) is 0 Å². The summed E-state index contributed by atoms with van der Waals surface area (Å²) in [5.74, 6) is 0. The molecule has 2 rings (SSSR count). The van der Waals surface area contributed by atoms with Crippen LogP contribution in [0.4, 0.5) is 0 Å². The molecule has 1 aromatic rings. The summed E-state index contributed by atoms with van der Waals surface area (Å²) in [5.41, 5.74) is 7.54. The first-order chi connectivity index (χ1) is 8.19. The van der Waals surface area contributed by atoms with E-state index < -0.39 is 0 Å². The molecule has 1 atom stereocenters. The first kappa shape index (κ1) is 12.6. The second-order valence-electron chi connectivity index (χ2n) is 5.40. The van der Waals surface area contributed by atoms with E-state index in [1.165, 1.54) is 18.4 Å². The molecule has 1 aliphatic carbocycles. The maximum absolute atomic E-state index is 6.00. The number of benzene rings is 1. The predicted octanol–water partition coefficient (Wildman–Crippen LogP) is 2.78. The number of hydrogen-bond donors (Lipinski definition) is 1. The molecule has 94 valence electrons. The molecule has 0 saturated heterocycles. The van der Waals surface area contributed by atoms with Crippen molar-refractivity contribution in [2.75, 3.05) is 6.54 Å². The molecular weight excluding hydrogens is 208 g/mol. The van der Waals surface area contributed by atoms with Gasteiger partial charge in [-0.15, -0.1) is 0 Å². The van der Waals surface area contributed by atoms with Gasteiger partial charge in [0.2, 0.25) is 0 Å². The van der Waals surface area contributed by atoms with Gasteiger partial charge in [-0.25, -0.2) is 0 Å². The normalized spacial score (nSPS) is 19.3. The third-order valence-electron chi connectivity index (χ3n) is 4.08. The molecule has 0 amide bonds. The van der Waals surface area contributed by atoms with Crippen LogP contribution in [0.5, 0.6) is 0 Å². The van der Waals surface area contributed by atoms with Crippen molar-refractivity contribution >= 4 is 0 Å². The quantitative estimate of drug-likeness (QED) is 0.817. The molecule has 0 aromatic heterocycles. The molecule has 1 saturated carbocycles. The van der Waals surface area contributed by atoms with Crippen LogP contribution in [0.25, 0.3) is 0 Å². The van der Waals surface area contributed by atoms with Crippen LogP contribution in [0.15, 0.2) is 30.3 Å². The van der Waals surface area contributed by atoms with Gasteiger partial charge >= 0.3 is 0 Å². The summed E-state index contributed by atoms with van der Waals surface area (Å²) < 4.78 is 0. The zero-order valence-corrected chi connectivity index (χ0v) is 11.0. The minimum absolute atomic E-state index is 0.150. The number of nitrogens with zero attached hydrogens (tertiary/aromatic N) is 1. The van der Waals surface area contributed by atoms with Crippen LogP contribution in [-0.2, 0) is 6.54 Å². The van der Waals surface area contributed by atoms with Gasteiger partial charge in [-0.2, -0.15) is 0 Å². The molecule has 2 heteroatoms. The van der Waals surface area contributed by atoms with E-state index in [1.54, 1.807) is 0 Å². The second-order valence-corrected chi connectivity index (χ2v) is 5.40. The molecule has 0 heterocycles. The zero-order valence-electron chi connectivity index (χ0n) is 11.0. The van der Waals surface area contributed by atoms with Gasteiger partial charge in [0.15, 0.2) is 0 Å². The first-order valence-corrected chi connectivity index (χ1v) is 6.70. The molecule has 0 bridgehead atoms. The van der Waals surface area contributed by atoms with E-state index in [1.807, 2.05) is 0 Å². The van der Waals surface area contributed by atoms with Crippen LogP contribution in [0.3, 0.4) is 0 Å². The molecule has 1 unspecified atom stereocenters. The third-order valence-corrected chi connectivity index (χ3v) is 4.08. The topological polar surface area (TPSA) is 29.3 Å². The lowest BCUT2D eigenvalue weighted by Crippen LogP contribution is -2.51. The molecule has 2 N–H and O–H groups in total. The summed E-state index contributed by atoms with van der Waals surface area (Å²) in [4.78, 5) is 2.61. The highest BCUT2D eigenvalue weighted by Gasteiger charge is 2.39. The standard InChI is InChI=1S/C15H24N2/c1-3-15(2,12-16)17(14-9-10-14)11-13-7-5-4-6-8-13/h4-8,14H,3,9-12,16H2,1-2H3. The molecule has 1 fully saturated rings. The van der Waals surface area contributed by atoms with E-state index in [-0.39, 0.29) is 5.54 Å². The van der Waals surface area contributed by atoms with Gasteiger partial charge in [-0.3, -0.25) is 4.90 Å². The minimum Gasteiger partial charge on any atom is -0.329 e. The van der Waals surface area contributed by atoms with Crippen LogP contribution in [0, 0.1) is 0 Å². The fourth-order valence-corrected chi connectivity index (χ4v) is 2.39. The highest BCUT2D eigenvalue weighted by Crippen LogP contribution is 2.35. The Bertz CT molecular complexity index is 339. The molecule has 1 aliphatic rings. The zero-order chi connectivity index (χ0) is 12.3. The van der Waals surface area contributed by atoms with Crippen molar-refractivity contribution in [3.63, 3.8) is 0 Å². The summed E-state index contributed by atoms with van der Waals surface area (Å²) in [6.07, 6.45) is 3.79. The highest BCUT2D eigenvalue weighted by molar-refractivity contribution is 5.16. The SMILES string of the molecule is CCC(C)(CN)N(Cc1ccccc1)C1CC1. The van der Waals surface area contributed by atoms with E-state index >= 15 is 0 Å². The maximum atomic E-state index is 6.00. The molecule has 0 radical (unpaired) electrons. The Kier molecular flexibility index (Phi) is 3.85. The summed E-state index contributed by atoms with van der Waals surface area (Å²) in [7, 11) is 0. The van der Waals surface area contributed by atoms with Crippen molar-refractivity contribution in [2.45, 2.75) is 51.2 Å². The van der Waals surface area contributed by atoms with Gasteiger partial charge < -0.3 is 5.73 Å². The van der Waals surface area contributed by atoms with Crippen LogP contribution in [0.2, 0.25) is 0 Å². The third kappa shape index (κ3) is 2.88. The van der Waals surface area contributed by atoms with Crippen molar-refractivity contribution in [3.05, 3.63) is 35.9 Å². The Morgan fingerprint density at radius 2 is 1.94 bits per heavy atom. The van der Waals surface area contributed by atoms with E-state index in [0.29, 0.717) is 0 Å². The maximum Gasteiger partial charge on any atom is 0.0307 e. The largest absolute Gasteiger partial charge is 0.329 e. The average Bonchev–Trinajstić information content (AvgIpc) is 3.20. The predicted molar refractivity (Wildman–Crippen MR) is 72.8 cm³/mol. The summed E-state index contributed by atoms with van der Waals surface area (Å²) in [5, 5.41) is 0. The fourth-order valence-electron chi connectivity index (χ4n) is 2.39. The van der Waals surface area contributed by atoms with Gasteiger partial charge in [0.05, 0.1) is 0 Å². The van der Waals surface area contributed by atoms with Crippen molar-refractivity contribution in [2.24, 2.45) is 5.73 Å². The molecule has 17 heavy (non-hydrogen) atoms. The second kappa shape index (κ2) is 5.19. The minimum atomic E-state index is 0.150.